The molecule has 1 aromatic heterocycles. The van der Waals surface area contributed by atoms with Gasteiger partial charge in [-0.2, -0.15) is 0 Å². The second-order valence-corrected chi connectivity index (χ2v) is 7.44. The number of fused-ring (bicyclic) bond motifs is 1. The van der Waals surface area contributed by atoms with Crippen molar-refractivity contribution in [3.63, 3.8) is 0 Å². The first kappa shape index (κ1) is 13.5. The third-order valence-corrected chi connectivity index (χ3v) is 5.58. The minimum atomic E-state index is -3.74. The molecule has 106 valence electrons. The summed E-state index contributed by atoms with van der Waals surface area (Å²) in [6, 6.07) is 7.46. The molecule has 0 fully saturated rings. The van der Waals surface area contributed by atoms with Gasteiger partial charge >= 0.3 is 0 Å². The smallest absolute Gasteiger partial charge is 0.249 e. The number of hydrogen-bond donors (Lipinski definition) is 3. The van der Waals surface area contributed by atoms with Crippen LogP contribution in [0.25, 0.3) is 0 Å². The van der Waals surface area contributed by atoms with E-state index in [1.54, 1.807) is 0 Å². The lowest BCUT2D eigenvalue weighted by atomic mass is 10.1. The summed E-state index contributed by atoms with van der Waals surface area (Å²) in [5.74, 6) is 0. The maximum absolute atomic E-state index is 11.2. The van der Waals surface area contributed by atoms with Gasteiger partial charge in [-0.1, -0.05) is 35.6 Å². The van der Waals surface area contributed by atoms with Crippen molar-refractivity contribution < 1.29 is 13.5 Å². The first-order valence-corrected chi connectivity index (χ1v) is 8.32. The molecular weight excluding hydrogens is 298 g/mol. The molecule has 2 aromatic rings. The highest BCUT2D eigenvalue weighted by molar-refractivity contribution is 7.91. The first-order valence-electron chi connectivity index (χ1n) is 5.96. The Hall–Kier alpha value is -1.48. The molecule has 20 heavy (non-hydrogen) atoms. The van der Waals surface area contributed by atoms with Gasteiger partial charge in [0, 0.05) is 6.42 Å². The second-order valence-electron chi connectivity index (χ2n) is 4.62. The highest BCUT2D eigenvalue weighted by atomic mass is 32.2. The Kier molecular flexibility index (Phi) is 3.25. The van der Waals surface area contributed by atoms with Crippen LogP contribution in [0.4, 0.5) is 5.13 Å². The minimum absolute atomic E-state index is 0.000715. The van der Waals surface area contributed by atoms with Crippen molar-refractivity contribution in [3.8, 4) is 0 Å². The Balaban J connectivity index is 1.87. The lowest BCUT2D eigenvalue weighted by Crippen LogP contribution is -2.20. The molecule has 1 aromatic carbocycles. The molecule has 0 amide bonds. The van der Waals surface area contributed by atoms with Crippen molar-refractivity contribution >= 4 is 26.5 Å². The van der Waals surface area contributed by atoms with Gasteiger partial charge in [-0.15, -0.1) is 0 Å². The van der Waals surface area contributed by atoms with Crippen LogP contribution in [-0.2, 0) is 16.4 Å². The van der Waals surface area contributed by atoms with Gasteiger partial charge in [0.05, 0.1) is 18.3 Å². The summed E-state index contributed by atoms with van der Waals surface area (Å²) in [5.41, 5.74) is 2.09. The highest BCUT2D eigenvalue weighted by Gasteiger charge is 2.31. The fourth-order valence-corrected chi connectivity index (χ4v) is 3.83. The fourth-order valence-electron chi connectivity index (χ4n) is 2.34. The Morgan fingerprint density at radius 3 is 2.85 bits per heavy atom. The summed E-state index contributed by atoms with van der Waals surface area (Å²) < 4.78 is 22.4. The molecule has 4 N–H and O–H groups in total. The normalized spacial score (nSPS) is 21.7. The van der Waals surface area contributed by atoms with Gasteiger partial charge in [0.1, 0.15) is 0 Å². The van der Waals surface area contributed by atoms with Gasteiger partial charge in [0.25, 0.3) is 0 Å². The van der Waals surface area contributed by atoms with Crippen molar-refractivity contribution in [2.24, 2.45) is 5.14 Å². The number of aromatic nitrogens is 1. The molecule has 0 aliphatic heterocycles. The van der Waals surface area contributed by atoms with Crippen LogP contribution in [0.3, 0.4) is 0 Å². The van der Waals surface area contributed by atoms with Crippen LogP contribution in [0.2, 0.25) is 0 Å². The number of nitrogens with two attached hydrogens (primary N) is 1. The number of nitrogens with one attached hydrogen (secondary N) is 1. The molecule has 1 aliphatic carbocycles. The van der Waals surface area contributed by atoms with E-state index in [4.69, 9.17) is 5.14 Å². The summed E-state index contributed by atoms with van der Waals surface area (Å²) in [7, 11) is -3.74. The van der Waals surface area contributed by atoms with Crippen LogP contribution in [0.1, 0.15) is 17.2 Å². The van der Waals surface area contributed by atoms with Gasteiger partial charge in [-0.3, -0.25) is 0 Å². The summed E-state index contributed by atoms with van der Waals surface area (Å²) in [6.45, 7) is 0. The van der Waals surface area contributed by atoms with Gasteiger partial charge in [-0.25, -0.2) is 18.5 Å². The maximum atomic E-state index is 11.2. The van der Waals surface area contributed by atoms with E-state index in [0.717, 1.165) is 22.5 Å². The molecule has 8 heteroatoms. The number of sulfonamides is 1. The lowest BCUT2D eigenvalue weighted by Gasteiger charge is -2.16. The molecule has 0 radical (unpaired) electrons. The number of hydrogen-bond acceptors (Lipinski definition) is 6. The van der Waals surface area contributed by atoms with Gasteiger partial charge in [0.2, 0.25) is 10.0 Å². The zero-order chi connectivity index (χ0) is 14.3. The van der Waals surface area contributed by atoms with Crippen LogP contribution < -0.4 is 10.5 Å². The first-order chi connectivity index (χ1) is 9.45. The number of aliphatic hydroxyl groups excluding tert-OH is 1. The van der Waals surface area contributed by atoms with Crippen LogP contribution in [-0.4, -0.2) is 24.6 Å². The van der Waals surface area contributed by atoms with Crippen molar-refractivity contribution in [3.05, 3.63) is 41.6 Å². The van der Waals surface area contributed by atoms with Crippen LogP contribution in [0, 0.1) is 0 Å². The number of nitrogens with zero attached hydrogens (tertiary/aromatic N) is 1. The number of rotatable bonds is 3. The zero-order valence-electron chi connectivity index (χ0n) is 10.4. The third kappa shape index (κ3) is 2.42. The van der Waals surface area contributed by atoms with E-state index in [-0.39, 0.29) is 10.3 Å². The zero-order valence-corrected chi connectivity index (χ0v) is 12.0. The van der Waals surface area contributed by atoms with Crippen LogP contribution >= 0.6 is 11.3 Å². The van der Waals surface area contributed by atoms with E-state index < -0.39 is 16.1 Å². The largest absolute Gasteiger partial charge is 0.390 e. The van der Waals surface area contributed by atoms with Crippen LogP contribution in [0.15, 0.2) is 34.7 Å². The molecule has 1 heterocycles. The predicted octanol–water partition coefficient (Wildman–Crippen LogP) is 0.861. The topological polar surface area (TPSA) is 105 Å². The van der Waals surface area contributed by atoms with Crippen molar-refractivity contribution in [2.75, 3.05) is 5.32 Å². The molecule has 0 unspecified atom stereocenters. The van der Waals surface area contributed by atoms with Crippen LogP contribution in [0.5, 0.6) is 0 Å². The molecule has 0 saturated carbocycles. The Morgan fingerprint density at radius 1 is 1.40 bits per heavy atom. The van der Waals surface area contributed by atoms with E-state index in [1.807, 2.05) is 24.3 Å². The monoisotopic (exact) mass is 311 g/mol. The van der Waals surface area contributed by atoms with Crippen molar-refractivity contribution in [1.29, 1.82) is 0 Å². The van der Waals surface area contributed by atoms with E-state index in [0.29, 0.717) is 11.6 Å². The second kappa shape index (κ2) is 4.81. The average molecular weight is 311 g/mol. The Bertz CT molecular complexity index is 742. The molecule has 1 aliphatic rings. The molecule has 2 atom stereocenters. The summed E-state index contributed by atoms with van der Waals surface area (Å²) in [6.07, 6.45) is 1.23. The molecule has 3 rings (SSSR count). The average Bonchev–Trinajstić information content (AvgIpc) is 2.95. The number of primary sulfonamides is 1. The molecule has 0 spiro atoms. The number of anilines is 1. The predicted molar refractivity (Wildman–Crippen MR) is 76.0 cm³/mol. The third-order valence-electron chi connectivity index (χ3n) is 3.25. The Labute approximate surface area is 120 Å². The fraction of sp³-hybridized carbons (Fsp3) is 0.250. The van der Waals surface area contributed by atoms with E-state index in [9.17, 15) is 13.5 Å². The van der Waals surface area contributed by atoms with Crippen molar-refractivity contribution in [2.45, 2.75) is 22.8 Å². The molecular formula is C12H13N3O3S2. The van der Waals surface area contributed by atoms with E-state index in [2.05, 4.69) is 10.3 Å². The van der Waals surface area contributed by atoms with Crippen molar-refractivity contribution in [1.82, 2.24) is 4.98 Å². The highest BCUT2D eigenvalue weighted by Crippen LogP contribution is 2.35. The number of thiazole rings is 1. The number of aliphatic hydroxyl groups is 1. The summed E-state index contributed by atoms with van der Waals surface area (Å²) in [4.78, 5) is 3.99. The minimum Gasteiger partial charge on any atom is -0.390 e. The van der Waals surface area contributed by atoms with Gasteiger partial charge in [-0.05, 0) is 11.1 Å². The maximum Gasteiger partial charge on any atom is 0.249 e. The van der Waals surface area contributed by atoms with E-state index in [1.165, 1.54) is 6.20 Å². The molecule has 0 bridgehead atoms. The number of benzene rings is 1. The standard InChI is InChI=1S/C12H13N3O3S2/c13-20(17,18)10-6-14-12(19-10)15-11-8-4-2-1-3-7(8)5-9(11)16/h1-4,6,9,11,16H,5H2,(H,14,15)(H2,13,17,18)/t9-,11+/m1/s1. The summed E-state index contributed by atoms with van der Waals surface area (Å²) >= 11 is 0.957. The van der Waals surface area contributed by atoms with Gasteiger partial charge < -0.3 is 10.4 Å². The SMILES string of the molecule is NS(=O)(=O)c1cnc(N[C@H]2c3ccccc3C[C@H]2O)s1. The molecule has 6 nitrogen and oxygen atoms in total. The lowest BCUT2D eigenvalue weighted by molar-refractivity contribution is 0.166. The molecule has 0 saturated heterocycles. The quantitative estimate of drug-likeness (QED) is 0.779. The van der Waals surface area contributed by atoms with E-state index >= 15 is 0 Å². The van der Waals surface area contributed by atoms with Gasteiger partial charge in [0.15, 0.2) is 9.34 Å². The Morgan fingerprint density at radius 2 is 2.15 bits per heavy atom. The summed E-state index contributed by atoms with van der Waals surface area (Å²) in [5, 5.41) is 18.7.